The topological polar surface area (TPSA) is 89.7 Å². The van der Waals surface area contributed by atoms with Crippen molar-refractivity contribution < 1.29 is 18.7 Å². The van der Waals surface area contributed by atoms with Crippen LogP contribution in [0.3, 0.4) is 0 Å². The minimum atomic E-state index is -0.436. The van der Waals surface area contributed by atoms with Crippen molar-refractivity contribution in [3.63, 3.8) is 0 Å². The molecule has 3 aromatic rings. The van der Waals surface area contributed by atoms with Crippen molar-refractivity contribution >= 4 is 11.8 Å². The second kappa shape index (κ2) is 9.23. The first-order valence-corrected chi connectivity index (χ1v) is 11.3. The van der Waals surface area contributed by atoms with Crippen molar-refractivity contribution in [3.05, 3.63) is 60.2 Å². The van der Waals surface area contributed by atoms with Gasteiger partial charge in [0.15, 0.2) is 5.76 Å². The Balaban J connectivity index is 1.20. The zero-order chi connectivity index (χ0) is 22.8. The van der Waals surface area contributed by atoms with Crippen molar-refractivity contribution in [2.75, 3.05) is 32.1 Å². The van der Waals surface area contributed by atoms with E-state index in [0.717, 1.165) is 54.7 Å². The highest BCUT2D eigenvalue weighted by Gasteiger charge is 2.42. The average molecular weight is 449 g/mol. The number of carbonyl (C=O) groups is 1. The third kappa shape index (κ3) is 4.71. The Hall–Kier alpha value is -3.39. The van der Waals surface area contributed by atoms with E-state index in [1.807, 2.05) is 19.1 Å². The van der Waals surface area contributed by atoms with Gasteiger partial charge in [0, 0.05) is 29.9 Å². The van der Waals surface area contributed by atoms with E-state index in [1.54, 1.807) is 37.6 Å². The molecule has 8 nitrogen and oxygen atoms in total. The zero-order valence-corrected chi connectivity index (χ0v) is 18.9. The van der Waals surface area contributed by atoms with Gasteiger partial charge in [0.25, 0.3) is 0 Å². The number of benzene rings is 1. The van der Waals surface area contributed by atoms with Crippen LogP contribution in [0.2, 0.25) is 0 Å². The van der Waals surface area contributed by atoms with Crippen molar-refractivity contribution in [1.29, 1.82) is 0 Å². The molecule has 2 bridgehead atoms. The maximum Gasteiger partial charge on any atom is 0.411 e. The van der Waals surface area contributed by atoms with Gasteiger partial charge in [0.05, 0.1) is 13.4 Å². The summed E-state index contributed by atoms with van der Waals surface area (Å²) in [6.07, 6.45) is 3.34. The molecule has 8 heteroatoms. The smallest absolute Gasteiger partial charge is 0.411 e. The molecule has 5 heterocycles. The van der Waals surface area contributed by atoms with E-state index in [4.69, 9.17) is 18.9 Å². The van der Waals surface area contributed by atoms with E-state index < -0.39 is 6.09 Å². The second-order valence-electron chi connectivity index (χ2n) is 8.69. The van der Waals surface area contributed by atoms with Gasteiger partial charge in [0.1, 0.15) is 23.9 Å². The first kappa shape index (κ1) is 21.5. The molecule has 3 saturated heterocycles. The maximum atomic E-state index is 12.3. The third-order valence-electron chi connectivity index (χ3n) is 6.63. The molecule has 0 aliphatic carbocycles. The van der Waals surface area contributed by atoms with Crippen LogP contribution in [-0.2, 0) is 4.74 Å². The van der Waals surface area contributed by atoms with Gasteiger partial charge in [-0.25, -0.2) is 14.8 Å². The lowest BCUT2D eigenvalue weighted by Crippen LogP contribution is -2.54. The number of piperidine rings is 3. The molecule has 2 aromatic heterocycles. The SMILES string of the molecule is COc1ccc(NC(=O)OC[C@H]2C[C@@H]3CCN2C[C@@H]3c2cc(-c3ccco3)nc(C)n2)cc1. The fourth-order valence-corrected chi connectivity index (χ4v) is 4.98. The number of methoxy groups -OCH3 is 1. The number of aromatic nitrogens is 2. The second-order valence-corrected chi connectivity index (χ2v) is 8.69. The van der Waals surface area contributed by atoms with Crippen LogP contribution in [0.5, 0.6) is 5.75 Å². The number of furan rings is 1. The number of nitrogens with zero attached hydrogens (tertiary/aromatic N) is 3. The van der Waals surface area contributed by atoms with Crippen LogP contribution < -0.4 is 10.1 Å². The van der Waals surface area contributed by atoms with Crippen LogP contribution in [-0.4, -0.2) is 53.8 Å². The van der Waals surface area contributed by atoms with E-state index in [0.29, 0.717) is 24.1 Å². The van der Waals surface area contributed by atoms with Gasteiger partial charge in [-0.15, -0.1) is 0 Å². The van der Waals surface area contributed by atoms with Gasteiger partial charge in [0.2, 0.25) is 0 Å². The van der Waals surface area contributed by atoms with Gasteiger partial charge in [-0.05, 0) is 74.7 Å². The number of nitrogens with one attached hydrogen (secondary N) is 1. The summed E-state index contributed by atoms with van der Waals surface area (Å²) in [5, 5.41) is 2.78. The first-order valence-electron chi connectivity index (χ1n) is 11.3. The fraction of sp³-hybridized carbons (Fsp3) is 0.400. The number of aryl methyl sites for hydroxylation is 1. The minimum absolute atomic E-state index is 0.231. The Labute approximate surface area is 192 Å². The van der Waals surface area contributed by atoms with Crippen molar-refractivity contribution in [1.82, 2.24) is 14.9 Å². The van der Waals surface area contributed by atoms with Crippen LogP contribution in [0.25, 0.3) is 11.5 Å². The van der Waals surface area contributed by atoms with Crippen molar-refractivity contribution in [2.45, 2.75) is 31.7 Å². The molecule has 6 rings (SSSR count). The summed E-state index contributed by atoms with van der Waals surface area (Å²) in [7, 11) is 1.61. The van der Waals surface area contributed by atoms with Gasteiger partial charge >= 0.3 is 6.09 Å². The summed E-state index contributed by atoms with van der Waals surface area (Å²) in [4.78, 5) is 24.0. The molecule has 172 valence electrons. The van der Waals surface area contributed by atoms with Gasteiger partial charge in [-0.2, -0.15) is 0 Å². The molecule has 3 aliphatic rings. The number of hydrogen-bond donors (Lipinski definition) is 1. The minimum Gasteiger partial charge on any atom is -0.497 e. The predicted octanol–water partition coefficient (Wildman–Crippen LogP) is 4.48. The molecule has 1 aromatic carbocycles. The van der Waals surface area contributed by atoms with E-state index in [1.165, 1.54) is 0 Å². The van der Waals surface area contributed by atoms with Crippen LogP contribution in [0.4, 0.5) is 10.5 Å². The average Bonchev–Trinajstić information content (AvgIpc) is 3.38. The maximum absolute atomic E-state index is 12.3. The highest BCUT2D eigenvalue weighted by Crippen LogP contribution is 2.42. The third-order valence-corrected chi connectivity index (χ3v) is 6.63. The van der Waals surface area contributed by atoms with Gasteiger partial charge in [-0.1, -0.05) is 0 Å². The monoisotopic (exact) mass is 448 g/mol. The molecule has 3 aliphatic heterocycles. The highest BCUT2D eigenvalue weighted by molar-refractivity contribution is 5.84. The molecule has 1 amide bonds. The Morgan fingerprint density at radius 2 is 2.09 bits per heavy atom. The molecule has 4 atom stereocenters. The molecule has 1 N–H and O–H groups in total. The summed E-state index contributed by atoms with van der Waals surface area (Å²) >= 11 is 0. The molecular weight excluding hydrogens is 420 g/mol. The quantitative estimate of drug-likeness (QED) is 0.595. The zero-order valence-electron chi connectivity index (χ0n) is 18.9. The summed E-state index contributed by atoms with van der Waals surface area (Å²) in [5.41, 5.74) is 2.58. The van der Waals surface area contributed by atoms with Gasteiger partial charge < -0.3 is 13.9 Å². The highest BCUT2D eigenvalue weighted by atomic mass is 16.5. The summed E-state index contributed by atoms with van der Waals surface area (Å²) in [6.45, 7) is 4.23. The number of anilines is 1. The standard InChI is InChI=1S/C25H28N4O4/c1-16-26-22(13-23(27-16)24-4-3-11-32-24)21-14-29-10-9-17(21)12-19(29)15-33-25(30)28-18-5-7-20(31-2)8-6-18/h3-8,11,13,17,19,21H,9-10,12,14-15H2,1-2H3,(H,28,30)/t17-,19+,21-/m0/s1. The predicted molar refractivity (Wildman–Crippen MR) is 123 cm³/mol. The molecule has 0 spiro atoms. The lowest BCUT2D eigenvalue weighted by molar-refractivity contribution is -0.00151. The lowest BCUT2D eigenvalue weighted by atomic mass is 9.74. The van der Waals surface area contributed by atoms with Gasteiger partial charge in [-0.3, -0.25) is 10.2 Å². The number of fused-ring (bicyclic) bond motifs is 3. The molecule has 0 radical (unpaired) electrons. The van der Waals surface area contributed by atoms with Crippen molar-refractivity contribution in [3.8, 4) is 17.2 Å². The fourth-order valence-electron chi connectivity index (χ4n) is 4.98. The largest absolute Gasteiger partial charge is 0.497 e. The number of rotatable bonds is 6. The van der Waals surface area contributed by atoms with Crippen molar-refractivity contribution in [2.24, 2.45) is 5.92 Å². The molecule has 1 unspecified atom stereocenters. The van der Waals surface area contributed by atoms with E-state index in [-0.39, 0.29) is 6.04 Å². The molecule has 0 saturated carbocycles. The number of carbonyl (C=O) groups excluding carboxylic acids is 1. The number of amides is 1. The van der Waals surface area contributed by atoms with E-state index in [2.05, 4.69) is 21.3 Å². The molecule has 33 heavy (non-hydrogen) atoms. The van der Waals surface area contributed by atoms with Crippen LogP contribution in [0.1, 0.15) is 30.3 Å². The first-order chi connectivity index (χ1) is 16.1. The molecular formula is C25H28N4O4. The Kier molecular flexibility index (Phi) is 6.00. The summed E-state index contributed by atoms with van der Waals surface area (Å²) in [5.74, 6) is 3.11. The number of hydrogen-bond acceptors (Lipinski definition) is 7. The van der Waals surface area contributed by atoms with E-state index >= 15 is 0 Å². The summed E-state index contributed by atoms with van der Waals surface area (Å²) < 4.78 is 16.2. The number of ether oxygens (including phenoxy) is 2. The molecule has 3 fully saturated rings. The Morgan fingerprint density at radius 1 is 1.24 bits per heavy atom. The van der Waals surface area contributed by atoms with E-state index in [9.17, 15) is 4.79 Å². The Morgan fingerprint density at radius 3 is 2.79 bits per heavy atom. The normalized spacial score (nSPS) is 23.8. The van der Waals surface area contributed by atoms with Crippen LogP contribution in [0, 0.1) is 12.8 Å². The van der Waals surface area contributed by atoms with Crippen LogP contribution >= 0.6 is 0 Å². The van der Waals surface area contributed by atoms with Crippen LogP contribution in [0.15, 0.2) is 53.1 Å². The summed E-state index contributed by atoms with van der Waals surface area (Å²) in [6, 6.07) is 13.3. The lowest BCUT2D eigenvalue weighted by Gasteiger charge is -2.49. The Bertz CT molecular complexity index is 1100.